The van der Waals surface area contributed by atoms with Gasteiger partial charge in [0.2, 0.25) is 5.91 Å². The van der Waals surface area contributed by atoms with Gasteiger partial charge in [0, 0.05) is 10.0 Å². The normalized spacial score (nSPS) is 10.9. The molecule has 4 aromatic rings. The average Bonchev–Trinajstić information content (AvgIpc) is 2.95. The van der Waals surface area contributed by atoms with Crippen molar-refractivity contribution in [2.75, 3.05) is 6.54 Å². The van der Waals surface area contributed by atoms with Crippen molar-refractivity contribution in [2.24, 2.45) is 5.10 Å². The molecule has 0 aliphatic heterocycles. The molecule has 0 unspecified atom stereocenters. The van der Waals surface area contributed by atoms with E-state index in [1.165, 1.54) is 6.21 Å². The number of halogens is 2. The summed E-state index contributed by atoms with van der Waals surface area (Å²) in [6.07, 6.45) is 1.37. The number of nitrogens with zero attached hydrogens (tertiary/aromatic N) is 1. The van der Waals surface area contributed by atoms with Crippen molar-refractivity contribution < 1.29 is 19.1 Å². The SMILES string of the molecule is Cc1cccc(C(=O)Oc2c(Br)cc(Br)cc2C=NNC(=O)CNC(=O)C(c2ccccc2)c2ccccc2)c1. The van der Waals surface area contributed by atoms with Crippen LogP contribution in [0.5, 0.6) is 5.75 Å². The maximum absolute atomic E-state index is 13.1. The third-order valence-corrected chi connectivity index (χ3v) is 6.88. The van der Waals surface area contributed by atoms with E-state index in [0.717, 1.165) is 16.7 Å². The van der Waals surface area contributed by atoms with Crippen molar-refractivity contribution >= 4 is 55.9 Å². The first-order chi connectivity index (χ1) is 19.3. The Balaban J connectivity index is 1.41. The number of ether oxygens (including phenoxy) is 1. The molecular weight excluding hydrogens is 638 g/mol. The summed E-state index contributed by atoms with van der Waals surface area (Å²) in [5, 5.41) is 6.71. The summed E-state index contributed by atoms with van der Waals surface area (Å²) in [6, 6.07) is 29.2. The maximum Gasteiger partial charge on any atom is 0.343 e. The molecule has 0 atom stereocenters. The van der Waals surface area contributed by atoms with E-state index in [1.807, 2.05) is 73.7 Å². The van der Waals surface area contributed by atoms with Crippen LogP contribution in [0.4, 0.5) is 0 Å². The van der Waals surface area contributed by atoms with Crippen LogP contribution in [0.3, 0.4) is 0 Å². The third kappa shape index (κ3) is 7.74. The zero-order valence-corrected chi connectivity index (χ0v) is 24.6. The van der Waals surface area contributed by atoms with Crippen LogP contribution in [0.15, 0.2) is 111 Å². The standard InChI is InChI=1S/C31H25Br2N3O4/c1-20-9-8-14-23(15-20)31(39)40-29-24(16-25(32)17-26(29)33)18-35-36-27(37)19-34-30(38)28(21-10-4-2-5-11-21)22-12-6-3-7-13-22/h2-18,28H,19H2,1H3,(H,34,38)(H,36,37). The van der Waals surface area contributed by atoms with Gasteiger partial charge in [-0.15, -0.1) is 0 Å². The third-order valence-electron chi connectivity index (χ3n) is 5.83. The zero-order chi connectivity index (χ0) is 28.5. The quantitative estimate of drug-likeness (QED) is 0.0975. The molecule has 0 fully saturated rings. The number of benzene rings is 4. The van der Waals surface area contributed by atoms with E-state index in [0.29, 0.717) is 20.1 Å². The minimum atomic E-state index is -0.566. The van der Waals surface area contributed by atoms with Crippen molar-refractivity contribution in [3.05, 3.63) is 134 Å². The zero-order valence-electron chi connectivity index (χ0n) is 21.4. The van der Waals surface area contributed by atoms with Gasteiger partial charge in [-0.1, -0.05) is 94.3 Å². The molecule has 0 aromatic heterocycles. The van der Waals surface area contributed by atoms with Gasteiger partial charge in [-0.25, -0.2) is 10.2 Å². The topological polar surface area (TPSA) is 96.9 Å². The van der Waals surface area contributed by atoms with Crippen LogP contribution in [0.1, 0.15) is 38.5 Å². The van der Waals surface area contributed by atoms with Crippen molar-refractivity contribution in [3.8, 4) is 5.75 Å². The molecule has 202 valence electrons. The minimum Gasteiger partial charge on any atom is -0.421 e. The number of hydrogen-bond donors (Lipinski definition) is 2. The van der Waals surface area contributed by atoms with Crippen LogP contribution in [0.2, 0.25) is 0 Å². The van der Waals surface area contributed by atoms with Gasteiger partial charge in [0.25, 0.3) is 5.91 Å². The van der Waals surface area contributed by atoms with Gasteiger partial charge < -0.3 is 10.1 Å². The number of rotatable bonds is 9. The first-order valence-electron chi connectivity index (χ1n) is 12.3. The second kappa shape index (κ2) is 13.8. The van der Waals surface area contributed by atoms with E-state index in [1.54, 1.807) is 30.3 Å². The Labute approximate surface area is 248 Å². The first kappa shape index (κ1) is 28.9. The van der Waals surface area contributed by atoms with E-state index in [4.69, 9.17) is 4.74 Å². The van der Waals surface area contributed by atoms with Gasteiger partial charge in [0.15, 0.2) is 5.75 Å². The molecule has 4 rings (SSSR count). The molecule has 9 heteroatoms. The number of esters is 1. The van der Waals surface area contributed by atoms with E-state index >= 15 is 0 Å². The Hall–Kier alpha value is -4.08. The molecule has 0 radical (unpaired) electrons. The summed E-state index contributed by atoms with van der Waals surface area (Å²) in [5.74, 6) is -1.67. The lowest BCUT2D eigenvalue weighted by Gasteiger charge is -2.17. The summed E-state index contributed by atoms with van der Waals surface area (Å²) in [7, 11) is 0. The molecule has 0 saturated carbocycles. The summed E-state index contributed by atoms with van der Waals surface area (Å²) in [6.45, 7) is 1.61. The maximum atomic E-state index is 13.1. The number of carbonyl (C=O) groups excluding carboxylic acids is 3. The molecule has 0 aliphatic rings. The van der Waals surface area contributed by atoms with Gasteiger partial charge in [-0.2, -0.15) is 5.10 Å². The van der Waals surface area contributed by atoms with Crippen molar-refractivity contribution in [2.45, 2.75) is 12.8 Å². The fourth-order valence-corrected chi connectivity index (χ4v) is 5.32. The summed E-state index contributed by atoms with van der Waals surface area (Å²) < 4.78 is 6.89. The Bertz CT molecular complexity index is 1500. The van der Waals surface area contributed by atoms with Crippen LogP contribution in [-0.2, 0) is 9.59 Å². The highest BCUT2D eigenvalue weighted by Gasteiger charge is 2.23. The summed E-state index contributed by atoms with van der Waals surface area (Å²) in [4.78, 5) is 38.4. The predicted octanol–water partition coefficient (Wildman–Crippen LogP) is 6.14. The lowest BCUT2D eigenvalue weighted by molar-refractivity contribution is -0.126. The van der Waals surface area contributed by atoms with E-state index in [2.05, 4.69) is 47.7 Å². The van der Waals surface area contributed by atoms with Crippen LogP contribution < -0.4 is 15.5 Å². The number of carbonyl (C=O) groups is 3. The summed E-state index contributed by atoms with van der Waals surface area (Å²) >= 11 is 6.84. The van der Waals surface area contributed by atoms with Crippen LogP contribution >= 0.6 is 31.9 Å². The van der Waals surface area contributed by atoms with E-state index in [-0.39, 0.29) is 18.2 Å². The molecule has 0 aliphatic carbocycles. The van der Waals surface area contributed by atoms with Crippen LogP contribution in [0.25, 0.3) is 0 Å². The number of amides is 2. The van der Waals surface area contributed by atoms with Crippen molar-refractivity contribution in [1.29, 1.82) is 0 Å². The highest BCUT2D eigenvalue weighted by atomic mass is 79.9. The number of nitrogens with one attached hydrogen (secondary N) is 2. The fourth-order valence-electron chi connectivity index (χ4n) is 3.98. The molecule has 0 spiro atoms. The lowest BCUT2D eigenvalue weighted by atomic mass is 9.90. The molecule has 2 N–H and O–H groups in total. The smallest absolute Gasteiger partial charge is 0.343 e. The van der Waals surface area contributed by atoms with Crippen molar-refractivity contribution in [1.82, 2.24) is 10.7 Å². The lowest BCUT2D eigenvalue weighted by Crippen LogP contribution is -2.37. The molecule has 7 nitrogen and oxygen atoms in total. The molecule has 0 heterocycles. The highest BCUT2D eigenvalue weighted by molar-refractivity contribution is 9.11. The highest BCUT2D eigenvalue weighted by Crippen LogP contribution is 2.33. The van der Waals surface area contributed by atoms with Gasteiger partial charge in [-0.05, 0) is 58.2 Å². The Morgan fingerprint density at radius 2 is 1.52 bits per heavy atom. The number of hydrazone groups is 1. The summed E-state index contributed by atoms with van der Waals surface area (Å²) in [5.41, 5.74) is 5.83. The largest absolute Gasteiger partial charge is 0.421 e. The van der Waals surface area contributed by atoms with Gasteiger partial charge in [0.05, 0.1) is 28.7 Å². The van der Waals surface area contributed by atoms with Crippen LogP contribution in [-0.4, -0.2) is 30.5 Å². The monoisotopic (exact) mass is 661 g/mol. The van der Waals surface area contributed by atoms with Gasteiger partial charge in [0.1, 0.15) is 0 Å². The predicted molar refractivity (Wildman–Crippen MR) is 161 cm³/mol. The number of aryl methyl sites for hydroxylation is 1. The van der Waals surface area contributed by atoms with Crippen LogP contribution in [0, 0.1) is 6.92 Å². The first-order valence-corrected chi connectivity index (χ1v) is 13.9. The average molecular weight is 663 g/mol. The van der Waals surface area contributed by atoms with E-state index < -0.39 is 17.8 Å². The van der Waals surface area contributed by atoms with Gasteiger partial charge in [-0.3, -0.25) is 9.59 Å². The molecule has 0 saturated heterocycles. The molecular formula is C31H25Br2N3O4. The fraction of sp³-hybridized carbons (Fsp3) is 0.0968. The van der Waals surface area contributed by atoms with Crippen molar-refractivity contribution in [3.63, 3.8) is 0 Å². The van der Waals surface area contributed by atoms with Gasteiger partial charge >= 0.3 is 5.97 Å². The van der Waals surface area contributed by atoms with E-state index in [9.17, 15) is 14.4 Å². The Kier molecular flexibility index (Phi) is 9.99. The molecule has 0 bridgehead atoms. The molecule has 40 heavy (non-hydrogen) atoms. The minimum absolute atomic E-state index is 0.245. The second-order valence-electron chi connectivity index (χ2n) is 8.83. The Morgan fingerprint density at radius 1 is 0.875 bits per heavy atom. The molecule has 2 amide bonds. The molecule has 4 aromatic carbocycles. The number of hydrogen-bond acceptors (Lipinski definition) is 5. The second-order valence-corrected chi connectivity index (χ2v) is 10.6. The Morgan fingerprint density at radius 3 is 2.15 bits per heavy atom.